The highest BCUT2D eigenvalue weighted by molar-refractivity contribution is 6.32. The zero-order chi connectivity index (χ0) is 20.0. The highest BCUT2D eigenvalue weighted by Crippen LogP contribution is 2.25. The van der Waals surface area contributed by atoms with Gasteiger partial charge in [0.1, 0.15) is 11.6 Å². The van der Waals surface area contributed by atoms with Crippen LogP contribution in [0.4, 0.5) is 10.1 Å². The molecule has 8 heteroatoms. The van der Waals surface area contributed by atoms with Gasteiger partial charge in [-0.15, -0.1) is 0 Å². The van der Waals surface area contributed by atoms with Gasteiger partial charge in [-0.3, -0.25) is 9.59 Å². The van der Waals surface area contributed by atoms with E-state index in [9.17, 15) is 18.8 Å². The van der Waals surface area contributed by atoms with Crippen LogP contribution < -0.4 is 10.1 Å². The van der Waals surface area contributed by atoms with Crippen molar-refractivity contribution in [1.29, 1.82) is 0 Å². The third-order valence-corrected chi connectivity index (χ3v) is 3.70. The van der Waals surface area contributed by atoms with Crippen molar-refractivity contribution in [2.75, 3.05) is 18.5 Å². The molecule has 0 atom stereocenters. The molecular weight excluding hydrogens is 377 g/mol. The van der Waals surface area contributed by atoms with E-state index in [0.29, 0.717) is 10.8 Å². The van der Waals surface area contributed by atoms with Gasteiger partial charge in [0.15, 0.2) is 13.2 Å². The van der Waals surface area contributed by atoms with Gasteiger partial charge in [0.25, 0.3) is 0 Å². The predicted molar refractivity (Wildman–Crippen MR) is 97.7 cm³/mol. The van der Waals surface area contributed by atoms with Crippen LogP contribution in [0.3, 0.4) is 0 Å². The molecule has 0 aliphatic heterocycles. The molecule has 27 heavy (non-hydrogen) atoms. The number of rotatable bonds is 7. The van der Waals surface area contributed by atoms with E-state index in [1.807, 2.05) is 6.92 Å². The number of benzene rings is 2. The minimum atomic E-state index is -0.829. The molecule has 0 aliphatic rings. The number of esters is 1. The maximum atomic E-state index is 14.0. The van der Waals surface area contributed by atoms with Crippen molar-refractivity contribution in [2.45, 2.75) is 13.8 Å². The maximum absolute atomic E-state index is 14.0. The number of halogens is 2. The minimum Gasteiger partial charge on any atom is -0.480 e. The van der Waals surface area contributed by atoms with Gasteiger partial charge in [-0.2, -0.15) is 0 Å². The molecule has 0 heterocycles. The van der Waals surface area contributed by atoms with Crippen LogP contribution in [-0.4, -0.2) is 30.9 Å². The van der Waals surface area contributed by atoms with E-state index < -0.39 is 30.8 Å². The molecule has 2 aromatic carbocycles. The maximum Gasteiger partial charge on any atom is 0.344 e. The first-order valence-corrected chi connectivity index (χ1v) is 8.29. The Labute approximate surface area is 160 Å². The van der Waals surface area contributed by atoms with Crippen LogP contribution >= 0.6 is 11.6 Å². The predicted octanol–water partition coefficient (Wildman–Crippen LogP) is 3.55. The summed E-state index contributed by atoms with van der Waals surface area (Å²) in [5, 5.41) is 2.74. The number of ether oxygens (including phenoxy) is 2. The van der Waals surface area contributed by atoms with Crippen LogP contribution in [0.2, 0.25) is 5.02 Å². The molecule has 1 amide bonds. The Bertz CT molecular complexity index is 884. The Kier molecular flexibility index (Phi) is 6.90. The molecule has 2 aromatic rings. The second kappa shape index (κ2) is 9.14. The molecule has 0 unspecified atom stereocenters. The van der Waals surface area contributed by atoms with Crippen LogP contribution in [0.5, 0.6) is 5.75 Å². The van der Waals surface area contributed by atoms with Crippen molar-refractivity contribution in [1.82, 2.24) is 0 Å². The highest BCUT2D eigenvalue weighted by Gasteiger charge is 2.16. The van der Waals surface area contributed by atoms with Crippen LogP contribution in [0.25, 0.3) is 0 Å². The normalized spacial score (nSPS) is 10.2. The largest absolute Gasteiger partial charge is 0.480 e. The summed E-state index contributed by atoms with van der Waals surface area (Å²) in [7, 11) is 0. The topological polar surface area (TPSA) is 81.7 Å². The number of hydrogen-bond acceptors (Lipinski definition) is 5. The first-order chi connectivity index (χ1) is 12.8. The minimum absolute atomic E-state index is 0.219. The third kappa shape index (κ3) is 6.07. The lowest BCUT2D eigenvalue weighted by Crippen LogP contribution is -2.20. The molecule has 0 radical (unpaired) electrons. The fourth-order valence-corrected chi connectivity index (χ4v) is 2.32. The van der Waals surface area contributed by atoms with Gasteiger partial charge in [0, 0.05) is 12.6 Å². The zero-order valence-electron chi connectivity index (χ0n) is 14.7. The molecule has 0 aromatic heterocycles. The van der Waals surface area contributed by atoms with Gasteiger partial charge in [-0.25, -0.2) is 9.18 Å². The van der Waals surface area contributed by atoms with E-state index >= 15 is 0 Å². The molecule has 0 saturated heterocycles. The molecule has 0 fully saturated rings. The molecular formula is C19H17ClFNO5. The summed E-state index contributed by atoms with van der Waals surface area (Å²) in [6, 6.07) is 8.68. The first kappa shape index (κ1) is 20.4. The summed E-state index contributed by atoms with van der Waals surface area (Å²) < 4.78 is 24.0. The number of anilines is 1. The second-order valence-corrected chi connectivity index (χ2v) is 6.09. The summed E-state index contributed by atoms with van der Waals surface area (Å²) in [5.74, 6) is -2.39. The number of carbonyl (C=O) groups is 3. The van der Waals surface area contributed by atoms with Gasteiger partial charge < -0.3 is 14.8 Å². The Balaban J connectivity index is 1.88. The second-order valence-electron chi connectivity index (χ2n) is 5.68. The summed E-state index contributed by atoms with van der Waals surface area (Å²) in [6.07, 6.45) is 0. The fraction of sp³-hybridized carbons (Fsp3) is 0.211. The van der Waals surface area contributed by atoms with Gasteiger partial charge >= 0.3 is 5.97 Å². The molecule has 0 saturated carbocycles. The van der Waals surface area contributed by atoms with Crippen molar-refractivity contribution in [2.24, 2.45) is 0 Å². The van der Waals surface area contributed by atoms with Crippen LogP contribution in [0, 0.1) is 12.7 Å². The summed E-state index contributed by atoms with van der Waals surface area (Å²) >= 11 is 5.95. The first-order valence-electron chi connectivity index (χ1n) is 7.91. The average Bonchev–Trinajstić information content (AvgIpc) is 2.60. The molecule has 2 rings (SSSR count). The summed E-state index contributed by atoms with van der Waals surface area (Å²) in [4.78, 5) is 34.7. The van der Waals surface area contributed by atoms with Gasteiger partial charge in [-0.05, 0) is 42.8 Å². The van der Waals surface area contributed by atoms with Crippen LogP contribution in [-0.2, 0) is 14.3 Å². The lowest BCUT2D eigenvalue weighted by molar-refractivity contribution is -0.144. The highest BCUT2D eigenvalue weighted by atomic mass is 35.5. The SMILES string of the molecule is CC(=O)Nc1ccc(C(=O)COC(=O)COc2cc(C)ccc2Cl)c(F)c1. The molecule has 142 valence electrons. The van der Waals surface area contributed by atoms with Gasteiger partial charge in [-0.1, -0.05) is 17.7 Å². The standard InChI is InChI=1S/C19H17ClFNO5/c1-11-3-6-15(20)18(7-11)26-10-19(25)27-9-17(24)14-5-4-13(8-16(14)21)22-12(2)23/h3-8H,9-10H2,1-2H3,(H,22,23). The monoisotopic (exact) mass is 393 g/mol. The fourth-order valence-electron chi connectivity index (χ4n) is 2.15. The number of hydrogen-bond donors (Lipinski definition) is 1. The molecule has 0 spiro atoms. The number of ketones is 1. The smallest absolute Gasteiger partial charge is 0.344 e. The zero-order valence-corrected chi connectivity index (χ0v) is 15.4. The van der Waals surface area contributed by atoms with Crippen molar-refractivity contribution < 1.29 is 28.2 Å². The quantitative estimate of drug-likeness (QED) is 0.574. The Hall–Kier alpha value is -2.93. The van der Waals surface area contributed by atoms with E-state index in [2.05, 4.69) is 5.32 Å². The number of carbonyl (C=O) groups excluding carboxylic acids is 3. The van der Waals surface area contributed by atoms with Gasteiger partial charge in [0.05, 0.1) is 10.6 Å². The number of nitrogens with one attached hydrogen (secondary N) is 1. The van der Waals surface area contributed by atoms with Crippen molar-refractivity contribution in [3.63, 3.8) is 0 Å². The number of amides is 1. The number of Topliss-reactive ketones (excluding diaryl/α,β-unsaturated/α-hetero) is 1. The van der Waals surface area contributed by atoms with Gasteiger partial charge in [0.2, 0.25) is 11.7 Å². The van der Waals surface area contributed by atoms with E-state index in [1.165, 1.54) is 19.1 Å². The molecule has 6 nitrogen and oxygen atoms in total. The summed E-state index contributed by atoms with van der Waals surface area (Å²) in [5.41, 5.74) is 0.868. The van der Waals surface area contributed by atoms with Crippen LogP contribution in [0.15, 0.2) is 36.4 Å². The number of aryl methyl sites for hydroxylation is 1. The van der Waals surface area contributed by atoms with Crippen molar-refractivity contribution in [3.8, 4) is 5.75 Å². The summed E-state index contributed by atoms with van der Waals surface area (Å²) in [6.45, 7) is 2.04. The Morgan fingerprint density at radius 1 is 1.11 bits per heavy atom. The third-order valence-electron chi connectivity index (χ3n) is 3.39. The average molecular weight is 394 g/mol. The molecule has 0 bridgehead atoms. The molecule has 1 N–H and O–H groups in total. The lowest BCUT2D eigenvalue weighted by Gasteiger charge is -2.09. The van der Waals surface area contributed by atoms with E-state index in [0.717, 1.165) is 11.6 Å². The van der Waals surface area contributed by atoms with E-state index in [4.69, 9.17) is 21.1 Å². The van der Waals surface area contributed by atoms with Crippen molar-refractivity contribution >= 4 is 34.9 Å². The van der Waals surface area contributed by atoms with Crippen LogP contribution in [0.1, 0.15) is 22.8 Å². The van der Waals surface area contributed by atoms with E-state index in [1.54, 1.807) is 18.2 Å². The van der Waals surface area contributed by atoms with Crippen molar-refractivity contribution in [3.05, 3.63) is 58.4 Å². The Morgan fingerprint density at radius 3 is 2.52 bits per heavy atom. The Morgan fingerprint density at radius 2 is 1.85 bits per heavy atom. The van der Waals surface area contributed by atoms with E-state index in [-0.39, 0.29) is 17.2 Å². The lowest BCUT2D eigenvalue weighted by atomic mass is 10.1. The molecule has 0 aliphatic carbocycles.